The number of aliphatic imine (C=N–C) groups is 1. The number of carbonyl (C=O) groups excluding carboxylic acids is 1. The monoisotopic (exact) mass is 549 g/mol. The Morgan fingerprint density at radius 1 is 0.903 bits per heavy atom. The van der Waals surface area contributed by atoms with Crippen molar-refractivity contribution >= 4 is 35.8 Å². The summed E-state index contributed by atoms with van der Waals surface area (Å²) in [6.45, 7) is 14.6. The number of likely N-dealkylation sites (N-methyl/N-ethyl adjacent to an activating group) is 1. The number of halogens is 1. The molecule has 3 fully saturated rings. The molecule has 0 bridgehead atoms. The van der Waals surface area contributed by atoms with Crippen molar-refractivity contribution < 1.29 is 4.79 Å². The van der Waals surface area contributed by atoms with E-state index in [9.17, 15) is 4.79 Å². The number of hydrogen-bond acceptors (Lipinski definition) is 5. The number of nitrogens with one attached hydrogen (secondary N) is 1. The van der Waals surface area contributed by atoms with Crippen molar-refractivity contribution in [3.63, 3.8) is 0 Å². The van der Waals surface area contributed by atoms with Gasteiger partial charge in [0.2, 0.25) is 5.91 Å². The van der Waals surface area contributed by atoms with Crippen LogP contribution in [0.5, 0.6) is 0 Å². The van der Waals surface area contributed by atoms with Crippen LogP contribution in [0.3, 0.4) is 0 Å². The van der Waals surface area contributed by atoms with Crippen LogP contribution < -0.4 is 5.32 Å². The van der Waals surface area contributed by atoms with Crippen molar-refractivity contribution in [3.05, 3.63) is 0 Å². The van der Waals surface area contributed by atoms with Crippen LogP contribution in [0.2, 0.25) is 0 Å². The summed E-state index contributed by atoms with van der Waals surface area (Å²) in [5, 5.41) is 3.56. The predicted octanol–water partition coefficient (Wildman–Crippen LogP) is 0.836. The van der Waals surface area contributed by atoms with Gasteiger partial charge in [0.25, 0.3) is 0 Å². The van der Waals surface area contributed by atoms with E-state index in [4.69, 9.17) is 0 Å². The minimum Gasteiger partial charge on any atom is -0.356 e. The third-order valence-corrected chi connectivity index (χ3v) is 6.89. The SMILES string of the molecule is CN=C(NCCCN1CCCN(C)CC1)N1CCN(C(C)C(=O)N2CCCC2)CC1.I. The Balaban J connectivity index is 0.00000341. The van der Waals surface area contributed by atoms with E-state index in [0.717, 1.165) is 77.6 Å². The van der Waals surface area contributed by atoms with E-state index in [1.807, 2.05) is 11.9 Å². The standard InChI is InChI=1S/C22H43N7O.HI/c1-20(21(30)28-12-4-5-13-28)27-16-18-29(19-17-27)22(23-2)24-8-6-10-26-11-7-9-25(3)14-15-26;/h20H,4-19H2,1-3H3,(H,23,24);1H. The first-order valence-electron chi connectivity index (χ1n) is 12.0. The predicted molar refractivity (Wildman–Crippen MR) is 138 cm³/mol. The van der Waals surface area contributed by atoms with Gasteiger partial charge in [-0.3, -0.25) is 14.7 Å². The fraction of sp³-hybridized carbons (Fsp3) is 0.909. The first-order chi connectivity index (χ1) is 14.6. The molecule has 0 aromatic rings. The molecule has 1 atom stereocenters. The quantitative estimate of drug-likeness (QED) is 0.230. The second-order valence-electron chi connectivity index (χ2n) is 9.06. The highest BCUT2D eigenvalue weighted by molar-refractivity contribution is 14.0. The molecular weight excluding hydrogens is 505 g/mol. The van der Waals surface area contributed by atoms with Crippen LogP contribution in [-0.4, -0.2) is 135 Å². The average Bonchev–Trinajstić information content (AvgIpc) is 3.23. The maximum atomic E-state index is 12.7. The second kappa shape index (κ2) is 13.8. The van der Waals surface area contributed by atoms with E-state index in [1.165, 1.54) is 32.6 Å². The Hall–Kier alpha value is -0.650. The molecule has 3 rings (SSSR count). The Morgan fingerprint density at radius 3 is 2.29 bits per heavy atom. The van der Waals surface area contributed by atoms with Crippen LogP contribution in [-0.2, 0) is 4.79 Å². The number of piperazine rings is 1. The van der Waals surface area contributed by atoms with Crippen LogP contribution in [0.25, 0.3) is 0 Å². The third-order valence-electron chi connectivity index (χ3n) is 6.89. The number of rotatable bonds is 6. The summed E-state index contributed by atoms with van der Waals surface area (Å²) in [7, 11) is 4.09. The minimum atomic E-state index is -0.00658. The molecule has 0 saturated carbocycles. The number of guanidine groups is 1. The second-order valence-corrected chi connectivity index (χ2v) is 9.06. The van der Waals surface area contributed by atoms with Crippen molar-refractivity contribution in [1.82, 2.24) is 29.8 Å². The Bertz CT molecular complexity index is 562. The fourth-order valence-electron chi connectivity index (χ4n) is 4.84. The van der Waals surface area contributed by atoms with Gasteiger partial charge in [0.1, 0.15) is 0 Å². The highest BCUT2D eigenvalue weighted by atomic mass is 127. The lowest BCUT2D eigenvalue weighted by molar-refractivity contribution is -0.135. The first kappa shape index (κ1) is 26.6. The molecule has 9 heteroatoms. The molecular formula is C22H44IN7O. The zero-order valence-electron chi connectivity index (χ0n) is 19.9. The van der Waals surface area contributed by atoms with Gasteiger partial charge in [-0.05, 0) is 59.3 Å². The molecule has 3 aliphatic heterocycles. The molecule has 31 heavy (non-hydrogen) atoms. The summed E-state index contributed by atoms with van der Waals surface area (Å²) in [4.78, 5) is 28.9. The van der Waals surface area contributed by atoms with E-state index in [2.05, 4.69) is 43.9 Å². The lowest BCUT2D eigenvalue weighted by atomic mass is 10.2. The number of hydrogen-bond donors (Lipinski definition) is 1. The zero-order valence-corrected chi connectivity index (χ0v) is 22.2. The van der Waals surface area contributed by atoms with E-state index >= 15 is 0 Å². The van der Waals surface area contributed by atoms with Crippen LogP contribution in [0.4, 0.5) is 0 Å². The number of carbonyl (C=O) groups is 1. The van der Waals surface area contributed by atoms with Gasteiger partial charge in [-0.1, -0.05) is 0 Å². The van der Waals surface area contributed by atoms with Gasteiger partial charge in [0.05, 0.1) is 6.04 Å². The molecule has 0 aromatic carbocycles. The minimum absolute atomic E-state index is 0. The summed E-state index contributed by atoms with van der Waals surface area (Å²) < 4.78 is 0. The Labute approximate surface area is 206 Å². The molecule has 0 aromatic heterocycles. The topological polar surface area (TPSA) is 57.7 Å². The largest absolute Gasteiger partial charge is 0.356 e. The van der Waals surface area contributed by atoms with E-state index in [1.54, 1.807) is 0 Å². The number of nitrogens with zero attached hydrogens (tertiary/aromatic N) is 6. The normalized spacial score (nSPS) is 23.4. The lowest BCUT2D eigenvalue weighted by Crippen LogP contribution is -2.57. The summed E-state index contributed by atoms with van der Waals surface area (Å²) in [6.07, 6.45) is 4.73. The third kappa shape index (κ3) is 8.01. The van der Waals surface area contributed by atoms with Crippen molar-refractivity contribution in [3.8, 4) is 0 Å². The molecule has 180 valence electrons. The van der Waals surface area contributed by atoms with Gasteiger partial charge in [-0.25, -0.2) is 0 Å². The molecule has 1 N–H and O–H groups in total. The number of amides is 1. The molecule has 3 aliphatic rings. The molecule has 1 amide bonds. The molecule has 3 saturated heterocycles. The van der Waals surface area contributed by atoms with Crippen molar-refractivity contribution in [1.29, 1.82) is 0 Å². The molecule has 3 heterocycles. The Kier molecular flexibility index (Phi) is 11.8. The van der Waals surface area contributed by atoms with Gasteiger partial charge >= 0.3 is 0 Å². The first-order valence-corrected chi connectivity index (χ1v) is 12.0. The molecule has 8 nitrogen and oxygen atoms in total. The number of likely N-dealkylation sites (tertiary alicyclic amines) is 1. The highest BCUT2D eigenvalue weighted by Crippen LogP contribution is 2.14. The molecule has 0 radical (unpaired) electrons. The molecule has 0 aliphatic carbocycles. The van der Waals surface area contributed by atoms with Crippen LogP contribution in [0.15, 0.2) is 4.99 Å². The van der Waals surface area contributed by atoms with Gasteiger partial charge in [-0.2, -0.15) is 0 Å². The van der Waals surface area contributed by atoms with Crippen LogP contribution in [0, 0.1) is 0 Å². The van der Waals surface area contributed by atoms with E-state index < -0.39 is 0 Å². The molecule has 1 unspecified atom stereocenters. The van der Waals surface area contributed by atoms with Gasteiger partial charge < -0.3 is 24.9 Å². The van der Waals surface area contributed by atoms with Crippen LogP contribution >= 0.6 is 24.0 Å². The molecule has 0 spiro atoms. The van der Waals surface area contributed by atoms with E-state index in [-0.39, 0.29) is 30.0 Å². The van der Waals surface area contributed by atoms with Crippen molar-refractivity contribution in [2.75, 3.05) is 92.6 Å². The maximum Gasteiger partial charge on any atom is 0.239 e. The van der Waals surface area contributed by atoms with Crippen molar-refractivity contribution in [2.45, 2.75) is 38.6 Å². The summed E-state index contributed by atoms with van der Waals surface area (Å²) in [6, 6.07) is -0.00658. The highest BCUT2D eigenvalue weighted by Gasteiger charge is 2.30. The fourth-order valence-corrected chi connectivity index (χ4v) is 4.84. The van der Waals surface area contributed by atoms with Crippen LogP contribution in [0.1, 0.15) is 32.6 Å². The van der Waals surface area contributed by atoms with Gasteiger partial charge in [0, 0.05) is 66.0 Å². The summed E-state index contributed by atoms with van der Waals surface area (Å²) in [5.41, 5.74) is 0. The van der Waals surface area contributed by atoms with Gasteiger partial charge in [0.15, 0.2) is 5.96 Å². The smallest absolute Gasteiger partial charge is 0.239 e. The maximum absolute atomic E-state index is 12.7. The van der Waals surface area contributed by atoms with E-state index in [0.29, 0.717) is 5.91 Å². The lowest BCUT2D eigenvalue weighted by Gasteiger charge is -2.39. The zero-order chi connectivity index (χ0) is 21.3. The Morgan fingerprint density at radius 2 is 1.61 bits per heavy atom. The van der Waals surface area contributed by atoms with Crippen molar-refractivity contribution in [2.24, 2.45) is 4.99 Å². The average molecular weight is 550 g/mol. The van der Waals surface area contributed by atoms with Gasteiger partial charge in [-0.15, -0.1) is 24.0 Å². The summed E-state index contributed by atoms with van der Waals surface area (Å²) >= 11 is 0. The summed E-state index contributed by atoms with van der Waals surface area (Å²) in [5.74, 6) is 1.31.